The monoisotopic (exact) mass is 293 g/mol. The minimum atomic E-state index is -1.23. The minimum Gasteiger partial charge on any atom is -0.468 e. The largest absolute Gasteiger partial charge is 0.468 e. The highest BCUT2D eigenvalue weighted by Gasteiger charge is 2.63. The van der Waals surface area contributed by atoms with Crippen molar-refractivity contribution in [3.63, 3.8) is 0 Å². The standard InChI is InChI=1S/C19H19NO2/c1-12(2)13-9-10-16-17(13)14-7-5-4-6-8-15(14)19(16,11-20)18(21)22-3/h4-10,14,16-17H,1-3H3/t14-,16-,17-,19+/m1/s1. The van der Waals surface area contributed by atoms with Crippen LogP contribution in [-0.2, 0) is 9.53 Å². The number of hydrogen-bond donors (Lipinski definition) is 0. The molecule has 3 nitrogen and oxygen atoms in total. The Balaban J connectivity index is 2.27. The number of allylic oxidation sites excluding steroid dienone is 9. The van der Waals surface area contributed by atoms with E-state index in [1.54, 1.807) is 0 Å². The summed E-state index contributed by atoms with van der Waals surface area (Å²) in [6, 6.07) is 2.30. The van der Waals surface area contributed by atoms with Gasteiger partial charge in [-0.15, -0.1) is 0 Å². The van der Waals surface area contributed by atoms with E-state index < -0.39 is 11.4 Å². The van der Waals surface area contributed by atoms with Gasteiger partial charge in [-0.1, -0.05) is 48.1 Å². The molecular weight excluding hydrogens is 274 g/mol. The first-order valence-electron chi connectivity index (χ1n) is 7.48. The van der Waals surface area contributed by atoms with Gasteiger partial charge in [0.2, 0.25) is 0 Å². The van der Waals surface area contributed by atoms with Crippen LogP contribution in [0.5, 0.6) is 0 Å². The molecule has 4 atom stereocenters. The van der Waals surface area contributed by atoms with Crippen molar-refractivity contribution in [2.24, 2.45) is 23.2 Å². The molecule has 3 aliphatic rings. The van der Waals surface area contributed by atoms with Crippen LogP contribution in [-0.4, -0.2) is 13.1 Å². The van der Waals surface area contributed by atoms with Crippen molar-refractivity contribution in [1.29, 1.82) is 5.26 Å². The Morgan fingerprint density at radius 1 is 1.27 bits per heavy atom. The maximum Gasteiger partial charge on any atom is 0.331 e. The lowest BCUT2D eigenvalue weighted by molar-refractivity contribution is -0.148. The third-order valence-corrected chi connectivity index (χ3v) is 5.01. The van der Waals surface area contributed by atoms with E-state index >= 15 is 0 Å². The average Bonchev–Trinajstić information content (AvgIpc) is 2.95. The van der Waals surface area contributed by atoms with Gasteiger partial charge < -0.3 is 4.74 Å². The number of nitriles is 1. The SMILES string of the molecule is COC(=O)[C@@]1(C#N)C2=CC=CC=C[C@H]2[C@H]2C(=C(C)C)C=C[C@H]21. The van der Waals surface area contributed by atoms with Crippen molar-refractivity contribution < 1.29 is 9.53 Å². The van der Waals surface area contributed by atoms with Crippen LogP contribution in [0.4, 0.5) is 0 Å². The second kappa shape index (κ2) is 5.14. The first kappa shape index (κ1) is 14.6. The van der Waals surface area contributed by atoms with E-state index in [0.29, 0.717) is 0 Å². The molecule has 0 N–H and O–H groups in total. The highest BCUT2D eigenvalue weighted by atomic mass is 16.5. The lowest BCUT2D eigenvalue weighted by atomic mass is 9.75. The summed E-state index contributed by atoms with van der Waals surface area (Å²) in [5.41, 5.74) is 2.09. The number of carbonyl (C=O) groups excluding carboxylic acids is 1. The normalized spacial score (nSPS) is 34.5. The van der Waals surface area contributed by atoms with Crippen molar-refractivity contribution in [3.05, 3.63) is 59.3 Å². The van der Waals surface area contributed by atoms with Crippen LogP contribution in [0.25, 0.3) is 0 Å². The van der Waals surface area contributed by atoms with Crippen molar-refractivity contribution in [2.45, 2.75) is 13.8 Å². The molecule has 0 saturated heterocycles. The zero-order valence-electron chi connectivity index (χ0n) is 13.0. The predicted octanol–water partition coefficient (Wildman–Crippen LogP) is 3.49. The van der Waals surface area contributed by atoms with E-state index in [4.69, 9.17) is 4.74 Å². The van der Waals surface area contributed by atoms with E-state index in [2.05, 4.69) is 32.1 Å². The Morgan fingerprint density at radius 3 is 2.68 bits per heavy atom. The fraction of sp³-hybridized carbons (Fsp3) is 0.368. The fourth-order valence-electron chi connectivity index (χ4n) is 4.08. The van der Waals surface area contributed by atoms with Gasteiger partial charge >= 0.3 is 5.97 Å². The van der Waals surface area contributed by atoms with Gasteiger partial charge in [-0.2, -0.15) is 5.26 Å². The van der Waals surface area contributed by atoms with Crippen molar-refractivity contribution >= 4 is 5.97 Å². The molecule has 0 amide bonds. The summed E-state index contributed by atoms with van der Waals surface area (Å²) in [5.74, 6) is -0.436. The van der Waals surface area contributed by atoms with Gasteiger partial charge in [0, 0.05) is 17.8 Å². The molecule has 112 valence electrons. The Bertz CT molecular complexity index is 710. The molecule has 1 saturated carbocycles. The molecule has 0 aromatic heterocycles. The Labute approximate surface area is 131 Å². The lowest BCUT2D eigenvalue weighted by Crippen LogP contribution is -2.36. The molecular formula is C19H19NO2. The summed E-state index contributed by atoms with van der Waals surface area (Å²) < 4.78 is 5.02. The number of rotatable bonds is 1. The second-order valence-electron chi connectivity index (χ2n) is 6.20. The Morgan fingerprint density at radius 2 is 2.05 bits per heavy atom. The van der Waals surface area contributed by atoms with Crippen LogP contribution in [0, 0.1) is 34.5 Å². The molecule has 0 bridgehead atoms. The molecule has 22 heavy (non-hydrogen) atoms. The second-order valence-corrected chi connectivity index (χ2v) is 6.20. The molecule has 0 unspecified atom stereocenters. The number of ether oxygens (including phenoxy) is 1. The quantitative estimate of drug-likeness (QED) is 0.695. The van der Waals surface area contributed by atoms with Crippen molar-refractivity contribution in [3.8, 4) is 6.07 Å². The molecule has 0 aromatic rings. The highest BCUT2D eigenvalue weighted by Crippen LogP contribution is 2.61. The molecule has 3 aliphatic carbocycles. The summed E-state index contributed by atoms with van der Waals surface area (Å²) in [7, 11) is 1.35. The zero-order chi connectivity index (χ0) is 15.9. The Hall–Kier alpha value is -2.34. The van der Waals surface area contributed by atoms with E-state index in [1.165, 1.54) is 18.3 Å². The van der Waals surface area contributed by atoms with Crippen LogP contribution in [0.1, 0.15) is 13.8 Å². The van der Waals surface area contributed by atoms with Crippen molar-refractivity contribution in [2.75, 3.05) is 7.11 Å². The van der Waals surface area contributed by atoms with E-state index in [0.717, 1.165) is 5.57 Å². The van der Waals surface area contributed by atoms with Crippen molar-refractivity contribution in [1.82, 2.24) is 0 Å². The van der Waals surface area contributed by atoms with Gasteiger partial charge in [-0.3, -0.25) is 0 Å². The van der Waals surface area contributed by atoms with Gasteiger partial charge in [0.1, 0.15) is 0 Å². The number of hydrogen-bond acceptors (Lipinski definition) is 3. The zero-order valence-corrected chi connectivity index (χ0v) is 13.0. The number of methoxy groups -OCH3 is 1. The predicted molar refractivity (Wildman–Crippen MR) is 84.4 cm³/mol. The molecule has 0 aromatic carbocycles. The van der Waals surface area contributed by atoms with Gasteiger partial charge in [-0.25, -0.2) is 4.79 Å². The summed E-state index contributed by atoms with van der Waals surface area (Å²) in [6.45, 7) is 4.16. The summed E-state index contributed by atoms with van der Waals surface area (Å²) >= 11 is 0. The third kappa shape index (κ3) is 1.70. The maximum atomic E-state index is 12.6. The van der Waals surface area contributed by atoms with Gasteiger partial charge in [-0.05, 0) is 25.0 Å². The van der Waals surface area contributed by atoms with Crippen LogP contribution in [0.3, 0.4) is 0 Å². The van der Waals surface area contributed by atoms with Gasteiger partial charge in [0.15, 0.2) is 5.41 Å². The van der Waals surface area contributed by atoms with E-state index in [9.17, 15) is 10.1 Å². The summed E-state index contributed by atoms with van der Waals surface area (Å²) in [4.78, 5) is 12.6. The molecule has 0 aliphatic heterocycles. The van der Waals surface area contributed by atoms with Crippen LogP contribution >= 0.6 is 0 Å². The van der Waals surface area contributed by atoms with Crippen LogP contribution < -0.4 is 0 Å². The first-order valence-corrected chi connectivity index (χ1v) is 7.48. The minimum absolute atomic E-state index is 0.0543. The van der Waals surface area contributed by atoms with E-state index in [1.807, 2.05) is 30.4 Å². The molecule has 0 heterocycles. The van der Waals surface area contributed by atoms with Gasteiger partial charge in [0.25, 0.3) is 0 Å². The molecule has 1 fully saturated rings. The molecule has 0 spiro atoms. The molecule has 0 radical (unpaired) electrons. The van der Waals surface area contributed by atoms with E-state index in [-0.39, 0.29) is 17.8 Å². The maximum absolute atomic E-state index is 12.6. The number of nitrogens with zero attached hydrogens (tertiary/aromatic N) is 1. The average molecular weight is 293 g/mol. The number of esters is 1. The molecule has 3 heteroatoms. The molecule has 3 rings (SSSR count). The van der Waals surface area contributed by atoms with Crippen LogP contribution in [0.15, 0.2) is 59.3 Å². The first-order chi connectivity index (χ1) is 10.6. The fourth-order valence-corrected chi connectivity index (χ4v) is 4.08. The lowest BCUT2D eigenvalue weighted by Gasteiger charge is -2.25. The highest BCUT2D eigenvalue weighted by molar-refractivity contribution is 5.87. The smallest absolute Gasteiger partial charge is 0.331 e. The summed E-state index contributed by atoms with van der Waals surface area (Å²) in [6.07, 6.45) is 13.9. The van der Waals surface area contributed by atoms with Crippen LogP contribution in [0.2, 0.25) is 0 Å². The summed E-state index contributed by atoms with van der Waals surface area (Å²) in [5, 5.41) is 9.93. The topological polar surface area (TPSA) is 50.1 Å². The number of carbonyl (C=O) groups is 1. The number of fused-ring (bicyclic) bond motifs is 3. The third-order valence-electron chi connectivity index (χ3n) is 5.01. The van der Waals surface area contributed by atoms with Gasteiger partial charge in [0.05, 0.1) is 13.2 Å². The Kier molecular flexibility index (Phi) is 3.41.